The Morgan fingerprint density at radius 1 is 1.04 bits per heavy atom. The molecule has 0 aliphatic carbocycles. The minimum atomic E-state index is 0.554. The molecule has 7 nitrogen and oxygen atoms in total. The molecule has 3 aromatic heterocycles. The second-order valence-corrected chi connectivity index (χ2v) is 6.03. The van der Waals surface area contributed by atoms with E-state index in [1.54, 1.807) is 25.7 Å². The summed E-state index contributed by atoms with van der Waals surface area (Å²) in [5.41, 5.74) is 3.31. The van der Waals surface area contributed by atoms with Crippen molar-refractivity contribution in [2.24, 2.45) is 0 Å². The lowest BCUT2D eigenvalue weighted by molar-refractivity contribution is 0.398. The van der Waals surface area contributed by atoms with E-state index in [1.807, 2.05) is 41.0 Å². The van der Waals surface area contributed by atoms with E-state index < -0.39 is 0 Å². The molecule has 0 spiro atoms. The van der Waals surface area contributed by atoms with Gasteiger partial charge in [0.1, 0.15) is 6.33 Å². The third-order valence-electron chi connectivity index (χ3n) is 4.18. The van der Waals surface area contributed by atoms with Gasteiger partial charge in [0.25, 0.3) is 0 Å². The summed E-state index contributed by atoms with van der Waals surface area (Å²) >= 11 is 0. The Hall–Kier alpha value is -3.48. The third kappa shape index (κ3) is 3.31. The van der Waals surface area contributed by atoms with Crippen LogP contribution in [0.2, 0.25) is 0 Å². The van der Waals surface area contributed by atoms with Gasteiger partial charge in [-0.2, -0.15) is 0 Å². The molecule has 0 bridgehead atoms. The number of methoxy groups -OCH3 is 1. The van der Waals surface area contributed by atoms with Gasteiger partial charge in [0.15, 0.2) is 22.8 Å². The lowest BCUT2D eigenvalue weighted by atomic mass is 10.2. The molecular formula is C20H20N6O. The van der Waals surface area contributed by atoms with Gasteiger partial charge >= 0.3 is 0 Å². The molecule has 4 rings (SSSR count). The van der Waals surface area contributed by atoms with Crippen molar-refractivity contribution < 1.29 is 4.74 Å². The minimum absolute atomic E-state index is 0.554. The molecule has 0 aliphatic heterocycles. The fourth-order valence-electron chi connectivity index (χ4n) is 2.81. The first-order valence-electron chi connectivity index (χ1n) is 8.85. The number of fused-ring (bicyclic) bond motifs is 1. The lowest BCUT2D eigenvalue weighted by Gasteiger charge is -2.09. The van der Waals surface area contributed by atoms with Crippen LogP contribution < -0.4 is 10.1 Å². The number of benzene rings is 1. The summed E-state index contributed by atoms with van der Waals surface area (Å²) in [5, 5.41) is 3.36. The molecule has 0 unspecified atom stereocenters. The van der Waals surface area contributed by atoms with Crippen molar-refractivity contribution in [2.75, 3.05) is 19.0 Å². The molecule has 0 saturated heterocycles. The van der Waals surface area contributed by atoms with E-state index in [9.17, 15) is 0 Å². The third-order valence-corrected chi connectivity index (χ3v) is 4.18. The predicted octanol–water partition coefficient (Wildman–Crippen LogP) is 3.71. The number of hydrogen-bond donors (Lipinski definition) is 1. The van der Waals surface area contributed by atoms with Gasteiger partial charge in [-0.1, -0.05) is 25.1 Å². The van der Waals surface area contributed by atoms with E-state index in [-0.39, 0.29) is 0 Å². The van der Waals surface area contributed by atoms with Crippen molar-refractivity contribution in [3.63, 3.8) is 0 Å². The number of imidazole rings is 1. The quantitative estimate of drug-likeness (QED) is 0.565. The van der Waals surface area contributed by atoms with Gasteiger partial charge in [-0.05, 0) is 24.6 Å². The van der Waals surface area contributed by atoms with Gasteiger partial charge in [-0.25, -0.2) is 19.9 Å². The average molecular weight is 360 g/mol. The van der Waals surface area contributed by atoms with Gasteiger partial charge in [-0.3, -0.25) is 4.57 Å². The number of ether oxygens (including phenoxy) is 1. The molecule has 0 atom stereocenters. The highest BCUT2D eigenvalue weighted by Gasteiger charge is 2.15. The number of pyridine rings is 1. The van der Waals surface area contributed by atoms with Crippen LogP contribution in [-0.4, -0.2) is 38.2 Å². The Labute approximate surface area is 157 Å². The minimum Gasteiger partial charge on any atom is -0.481 e. The Balaban J connectivity index is 1.88. The first-order valence-corrected chi connectivity index (χ1v) is 8.85. The van der Waals surface area contributed by atoms with Crippen LogP contribution >= 0.6 is 0 Å². The molecule has 0 aliphatic rings. The van der Waals surface area contributed by atoms with Gasteiger partial charge in [0, 0.05) is 30.1 Å². The van der Waals surface area contributed by atoms with Crippen LogP contribution in [0.4, 0.5) is 5.82 Å². The average Bonchev–Trinajstić information content (AvgIpc) is 3.17. The van der Waals surface area contributed by atoms with Crippen molar-refractivity contribution in [2.45, 2.75) is 13.3 Å². The van der Waals surface area contributed by atoms with E-state index in [4.69, 9.17) is 14.7 Å². The van der Waals surface area contributed by atoms with Crippen LogP contribution in [-0.2, 0) is 0 Å². The highest BCUT2D eigenvalue weighted by molar-refractivity contribution is 5.86. The van der Waals surface area contributed by atoms with Gasteiger partial charge < -0.3 is 10.1 Å². The molecule has 0 amide bonds. The normalized spacial score (nSPS) is 10.9. The van der Waals surface area contributed by atoms with Crippen molar-refractivity contribution >= 4 is 17.0 Å². The molecule has 136 valence electrons. The van der Waals surface area contributed by atoms with Crippen molar-refractivity contribution in [1.82, 2.24) is 24.5 Å². The maximum absolute atomic E-state index is 5.14. The standard InChI is InChI=1S/C20H20N6O/c1-3-11-21-19-17-20(26(13-23-17)15-7-5-4-6-8-15)25-18(24-19)14-9-10-16(27-2)22-12-14/h4-10,12-13H,3,11H2,1-2H3,(H,21,24,25). The first kappa shape index (κ1) is 17.0. The number of para-hydroxylation sites is 1. The summed E-state index contributed by atoms with van der Waals surface area (Å²) in [6.45, 7) is 2.92. The summed E-state index contributed by atoms with van der Waals surface area (Å²) in [6, 6.07) is 13.7. The SMILES string of the molecule is CCCNc1nc(-c2ccc(OC)nc2)nc2c1ncn2-c1ccccc1. The summed E-state index contributed by atoms with van der Waals surface area (Å²) in [7, 11) is 1.59. The topological polar surface area (TPSA) is 77.8 Å². The number of hydrogen-bond acceptors (Lipinski definition) is 6. The van der Waals surface area contributed by atoms with Crippen molar-refractivity contribution in [3.8, 4) is 23.0 Å². The molecule has 3 heterocycles. The Bertz CT molecular complexity index is 1040. The van der Waals surface area contributed by atoms with E-state index in [0.29, 0.717) is 11.7 Å². The number of aromatic nitrogens is 5. The van der Waals surface area contributed by atoms with Crippen molar-refractivity contribution in [3.05, 3.63) is 55.0 Å². The number of nitrogens with one attached hydrogen (secondary N) is 1. The predicted molar refractivity (Wildman–Crippen MR) is 105 cm³/mol. The summed E-state index contributed by atoms with van der Waals surface area (Å²) in [5.74, 6) is 1.87. The molecule has 1 N–H and O–H groups in total. The molecule has 7 heteroatoms. The van der Waals surface area contributed by atoms with E-state index in [1.165, 1.54) is 0 Å². The zero-order valence-electron chi connectivity index (χ0n) is 15.3. The van der Waals surface area contributed by atoms with Crippen LogP contribution in [0, 0.1) is 0 Å². The molecular weight excluding hydrogens is 340 g/mol. The fourth-order valence-corrected chi connectivity index (χ4v) is 2.81. The number of rotatable bonds is 6. The molecule has 0 radical (unpaired) electrons. The number of nitrogens with zero attached hydrogens (tertiary/aromatic N) is 5. The summed E-state index contributed by atoms with van der Waals surface area (Å²) < 4.78 is 7.11. The summed E-state index contributed by atoms with van der Waals surface area (Å²) in [4.78, 5) is 18.3. The molecule has 27 heavy (non-hydrogen) atoms. The van der Waals surface area contributed by atoms with Gasteiger partial charge in [0.05, 0.1) is 7.11 Å². The van der Waals surface area contributed by atoms with Crippen LogP contribution in [0.5, 0.6) is 5.88 Å². The Kier molecular flexibility index (Phi) is 4.65. The first-order chi connectivity index (χ1) is 13.3. The monoisotopic (exact) mass is 360 g/mol. The van der Waals surface area contributed by atoms with E-state index >= 15 is 0 Å². The zero-order valence-corrected chi connectivity index (χ0v) is 15.3. The van der Waals surface area contributed by atoms with Crippen LogP contribution in [0.3, 0.4) is 0 Å². The van der Waals surface area contributed by atoms with Gasteiger partial charge in [0.2, 0.25) is 5.88 Å². The zero-order chi connectivity index (χ0) is 18.6. The van der Waals surface area contributed by atoms with E-state index in [2.05, 4.69) is 22.2 Å². The lowest BCUT2D eigenvalue weighted by Crippen LogP contribution is -2.06. The number of anilines is 1. The second-order valence-electron chi connectivity index (χ2n) is 6.03. The van der Waals surface area contributed by atoms with Gasteiger partial charge in [-0.15, -0.1) is 0 Å². The highest BCUT2D eigenvalue weighted by atomic mass is 16.5. The van der Waals surface area contributed by atoms with Crippen LogP contribution in [0.15, 0.2) is 55.0 Å². The maximum Gasteiger partial charge on any atom is 0.212 e. The summed E-state index contributed by atoms with van der Waals surface area (Å²) in [6.07, 6.45) is 4.49. The Morgan fingerprint density at radius 2 is 1.89 bits per heavy atom. The highest BCUT2D eigenvalue weighted by Crippen LogP contribution is 2.26. The molecule has 0 fully saturated rings. The van der Waals surface area contributed by atoms with Crippen LogP contribution in [0.25, 0.3) is 28.2 Å². The van der Waals surface area contributed by atoms with E-state index in [0.717, 1.165) is 41.2 Å². The molecule has 0 saturated carbocycles. The molecule has 1 aromatic carbocycles. The second kappa shape index (κ2) is 7.41. The fraction of sp³-hybridized carbons (Fsp3) is 0.200. The largest absolute Gasteiger partial charge is 0.481 e. The molecule has 4 aromatic rings. The van der Waals surface area contributed by atoms with Crippen LogP contribution in [0.1, 0.15) is 13.3 Å². The van der Waals surface area contributed by atoms with Crippen molar-refractivity contribution in [1.29, 1.82) is 0 Å². The smallest absolute Gasteiger partial charge is 0.212 e. The maximum atomic E-state index is 5.14. The Morgan fingerprint density at radius 3 is 2.59 bits per heavy atom.